The largest absolute Gasteiger partial charge is 0.352 e. The fourth-order valence-electron chi connectivity index (χ4n) is 2.60. The summed E-state index contributed by atoms with van der Waals surface area (Å²) in [7, 11) is 0. The standard InChI is InChI=1S/C21H22F2N6O/c1-13-3-6-16(7-4-13)27-19-11-14(2)26-20(29-19)24-9-10-25-21(30)28-18-8-5-15(22)12-17(18)23/h3-8,11-12H,9-10H2,1-2H3,(H2,25,28,30)(H2,24,26,27,29). The Kier molecular flexibility index (Phi) is 6.74. The molecule has 0 aliphatic carbocycles. The molecule has 1 aromatic heterocycles. The molecule has 3 rings (SSSR count). The van der Waals surface area contributed by atoms with Crippen molar-refractivity contribution in [2.45, 2.75) is 13.8 Å². The molecule has 3 aromatic rings. The lowest BCUT2D eigenvalue weighted by Crippen LogP contribution is -2.33. The van der Waals surface area contributed by atoms with E-state index in [0.717, 1.165) is 23.5 Å². The van der Waals surface area contributed by atoms with Crippen molar-refractivity contribution in [2.24, 2.45) is 0 Å². The Balaban J connectivity index is 1.49. The van der Waals surface area contributed by atoms with E-state index in [1.807, 2.05) is 44.2 Å². The van der Waals surface area contributed by atoms with Gasteiger partial charge in [0.15, 0.2) is 0 Å². The maximum Gasteiger partial charge on any atom is 0.319 e. The zero-order valence-electron chi connectivity index (χ0n) is 16.6. The number of nitrogens with zero attached hydrogens (tertiary/aromatic N) is 2. The molecule has 2 aromatic carbocycles. The normalized spacial score (nSPS) is 10.4. The predicted octanol–water partition coefficient (Wildman–Crippen LogP) is 4.35. The molecule has 30 heavy (non-hydrogen) atoms. The van der Waals surface area contributed by atoms with E-state index in [1.54, 1.807) is 0 Å². The van der Waals surface area contributed by atoms with Crippen LogP contribution in [0.5, 0.6) is 0 Å². The lowest BCUT2D eigenvalue weighted by atomic mass is 10.2. The molecule has 0 unspecified atom stereocenters. The molecule has 7 nitrogen and oxygen atoms in total. The number of anilines is 4. The molecular formula is C21H22F2N6O. The van der Waals surface area contributed by atoms with Crippen LogP contribution in [0.3, 0.4) is 0 Å². The van der Waals surface area contributed by atoms with Gasteiger partial charge in [-0.05, 0) is 38.1 Å². The van der Waals surface area contributed by atoms with Crippen LogP contribution in [0, 0.1) is 25.5 Å². The van der Waals surface area contributed by atoms with E-state index in [9.17, 15) is 13.6 Å². The summed E-state index contributed by atoms with van der Waals surface area (Å²) in [6, 6.07) is 12.1. The number of rotatable bonds is 7. The first kappa shape index (κ1) is 21.0. The summed E-state index contributed by atoms with van der Waals surface area (Å²) in [4.78, 5) is 20.6. The number of hydrogen-bond acceptors (Lipinski definition) is 5. The first-order valence-electron chi connectivity index (χ1n) is 9.32. The second-order valence-corrected chi connectivity index (χ2v) is 6.64. The number of carbonyl (C=O) groups excluding carboxylic acids is 1. The SMILES string of the molecule is Cc1ccc(Nc2cc(C)nc(NCCNC(=O)Nc3ccc(F)cc3F)n2)cc1. The van der Waals surface area contributed by atoms with Gasteiger partial charge in [-0.3, -0.25) is 0 Å². The van der Waals surface area contributed by atoms with Crippen LogP contribution >= 0.6 is 0 Å². The number of carbonyl (C=O) groups is 1. The highest BCUT2D eigenvalue weighted by Gasteiger charge is 2.08. The van der Waals surface area contributed by atoms with Gasteiger partial charge in [-0.25, -0.2) is 18.6 Å². The van der Waals surface area contributed by atoms with E-state index < -0.39 is 17.7 Å². The second kappa shape index (κ2) is 9.64. The van der Waals surface area contributed by atoms with E-state index in [2.05, 4.69) is 31.2 Å². The van der Waals surface area contributed by atoms with Crippen molar-refractivity contribution in [3.8, 4) is 0 Å². The fraction of sp³-hybridized carbons (Fsp3) is 0.190. The Morgan fingerprint density at radius 1 is 0.967 bits per heavy atom. The van der Waals surface area contributed by atoms with Gasteiger partial charge in [0.1, 0.15) is 17.5 Å². The summed E-state index contributed by atoms with van der Waals surface area (Å²) in [5, 5.41) is 11.2. The van der Waals surface area contributed by atoms with Gasteiger partial charge < -0.3 is 21.3 Å². The van der Waals surface area contributed by atoms with Crippen molar-refractivity contribution in [1.29, 1.82) is 0 Å². The quantitative estimate of drug-likeness (QED) is 0.433. The number of amides is 2. The lowest BCUT2D eigenvalue weighted by Gasteiger charge is -2.11. The Labute approximate surface area is 173 Å². The van der Waals surface area contributed by atoms with Crippen LogP contribution in [-0.2, 0) is 0 Å². The average Bonchev–Trinajstić information content (AvgIpc) is 2.69. The van der Waals surface area contributed by atoms with E-state index in [-0.39, 0.29) is 12.2 Å². The molecule has 4 N–H and O–H groups in total. The minimum absolute atomic E-state index is 0.101. The van der Waals surface area contributed by atoms with Crippen molar-refractivity contribution < 1.29 is 13.6 Å². The number of aryl methyl sites for hydroxylation is 2. The van der Waals surface area contributed by atoms with Crippen LogP contribution in [-0.4, -0.2) is 29.1 Å². The van der Waals surface area contributed by atoms with Crippen LogP contribution in [0.4, 0.5) is 36.7 Å². The van der Waals surface area contributed by atoms with Crippen molar-refractivity contribution in [3.05, 3.63) is 71.4 Å². The van der Waals surface area contributed by atoms with Crippen LogP contribution in [0.25, 0.3) is 0 Å². The van der Waals surface area contributed by atoms with Crippen LogP contribution in [0.1, 0.15) is 11.3 Å². The molecule has 0 saturated carbocycles. The Hall–Kier alpha value is -3.75. The Bertz CT molecular complexity index is 1030. The summed E-state index contributed by atoms with van der Waals surface area (Å²) >= 11 is 0. The lowest BCUT2D eigenvalue weighted by molar-refractivity contribution is 0.252. The van der Waals surface area contributed by atoms with Crippen molar-refractivity contribution >= 4 is 29.2 Å². The molecule has 156 valence electrons. The molecule has 0 fully saturated rings. The maximum absolute atomic E-state index is 13.6. The molecule has 0 spiro atoms. The minimum Gasteiger partial charge on any atom is -0.352 e. The Morgan fingerprint density at radius 2 is 1.73 bits per heavy atom. The molecule has 0 radical (unpaired) electrons. The molecule has 0 aliphatic rings. The summed E-state index contributed by atoms with van der Waals surface area (Å²) in [6.07, 6.45) is 0. The molecule has 1 heterocycles. The molecule has 0 bridgehead atoms. The first-order valence-corrected chi connectivity index (χ1v) is 9.32. The summed E-state index contributed by atoms with van der Waals surface area (Å²) in [5.74, 6) is -0.496. The van der Waals surface area contributed by atoms with Gasteiger partial charge in [-0.1, -0.05) is 17.7 Å². The van der Waals surface area contributed by atoms with Gasteiger partial charge in [0.2, 0.25) is 5.95 Å². The van der Waals surface area contributed by atoms with E-state index >= 15 is 0 Å². The number of hydrogen-bond donors (Lipinski definition) is 4. The predicted molar refractivity (Wildman–Crippen MR) is 113 cm³/mol. The number of benzene rings is 2. The molecule has 0 aliphatic heterocycles. The smallest absolute Gasteiger partial charge is 0.319 e. The van der Waals surface area contributed by atoms with Gasteiger partial charge in [0.25, 0.3) is 0 Å². The van der Waals surface area contributed by atoms with Gasteiger partial charge in [-0.15, -0.1) is 0 Å². The summed E-state index contributed by atoms with van der Waals surface area (Å²) < 4.78 is 26.5. The number of halogens is 2. The van der Waals surface area contributed by atoms with Gasteiger partial charge in [-0.2, -0.15) is 4.98 Å². The van der Waals surface area contributed by atoms with E-state index in [0.29, 0.717) is 24.4 Å². The monoisotopic (exact) mass is 412 g/mol. The zero-order chi connectivity index (χ0) is 21.5. The molecule has 0 atom stereocenters. The third kappa shape index (κ3) is 6.13. The van der Waals surface area contributed by atoms with Gasteiger partial charge >= 0.3 is 6.03 Å². The number of urea groups is 1. The topological polar surface area (TPSA) is 91.0 Å². The first-order chi connectivity index (χ1) is 14.4. The second-order valence-electron chi connectivity index (χ2n) is 6.64. The van der Waals surface area contributed by atoms with E-state index in [1.165, 1.54) is 5.56 Å². The molecule has 9 heteroatoms. The highest BCUT2D eigenvalue weighted by molar-refractivity contribution is 5.89. The number of nitrogens with one attached hydrogen (secondary N) is 4. The number of aromatic nitrogens is 2. The van der Waals surface area contributed by atoms with Gasteiger partial charge in [0.05, 0.1) is 5.69 Å². The summed E-state index contributed by atoms with van der Waals surface area (Å²) in [6.45, 7) is 4.47. The third-order valence-corrected chi connectivity index (χ3v) is 4.05. The van der Waals surface area contributed by atoms with Crippen LogP contribution < -0.4 is 21.3 Å². The third-order valence-electron chi connectivity index (χ3n) is 4.05. The molecular weight excluding hydrogens is 390 g/mol. The fourth-order valence-corrected chi connectivity index (χ4v) is 2.60. The highest BCUT2D eigenvalue weighted by atomic mass is 19.1. The van der Waals surface area contributed by atoms with Crippen molar-refractivity contribution in [2.75, 3.05) is 29.0 Å². The van der Waals surface area contributed by atoms with Crippen LogP contribution in [0.2, 0.25) is 0 Å². The summed E-state index contributed by atoms with van der Waals surface area (Å²) in [5.41, 5.74) is 2.76. The van der Waals surface area contributed by atoms with E-state index in [4.69, 9.17) is 0 Å². The van der Waals surface area contributed by atoms with Crippen LogP contribution in [0.15, 0.2) is 48.5 Å². The van der Waals surface area contributed by atoms with Crippen molar-refractivity contribution in [1.82, 2.24) is 15.3 Å². The molecule has 2 amide bonds. The molecule has 0 saturated heterocycles. The maximum atomic E-state index is 13.6. The van der Waals surface area contributed by atoms with Gasteiger partial charge in [0, 0.05) is 36.6 Å². The highest BCUT2D eigenvalue weighted by Crippen LogP contribution is 2.17. The zero-order valence-corrected chi connectivity index (χ0v) is 16.6. The Morgan fingerprint density at radius 3 is 2.47 bits per heavy atom. The van der Waals surface area contributed by atoms with Crippen molar-refractivity contribution in [3.63, 3.8) is 0 Å². The minimum atomic E-state index is -0.843. The average molecular weight is 412 g/mol.